The fraction of sp³-hybridized carbons (Fsp3) is 0.774. The Labute approximate surface area is 239 Å². The van der Waals surface area contributed by atoms with E-state index in [-0.39, 0.29) is 47.5 Å². The standard InChI is InChI=1S/C31H49N3O4S/c1-7-15-32(16-8-2)28(36)25-24-18-21(6)31(39-24)26(25)29(37)34(23(19-35)20(4)5)27(31)30(38)33(17-9-3)22-13-11-10-12-14-22/h7,9,20-27,35H,1,3,8,10-19H2,2,4-6H3/t21?,23-,24-,25+,26-,27?,31?/m0/s1. The average Bonchev–Trinajstić information content (AvgIpc) is 3.51. The van der Waals surface area contributed by atoms with Gasteiger partial charge in [0.1, 0.15) is 6.04 Å². The molecule has 0 aromatic heterocycles. The van der Waals surface area contributed by atoms with Gasteiger partial charge in [-0.05, 0) is 37.5 Å². The van der Waals surface area contributed by atoms with Crippen LogP contribution in [0.2, 0.25) is 0 Å². The van der Waals surface area contributed by atoms with E-state index >= 15 is 0 Å². The smallest absolute Gasteiger partial charge is 0.247 e. The molecular formula is C31H49N3O4S. The van der Waals surface area contributed by atoms with Crippen LogP contribution < -0.4 is 0 Å². The van der Waals surface area contributed by atoms with Gasteiger partial charge in [0.15, 0.2) is 0 Å². The van der Waals surface area contributed by atoms with Crippen molar-refractivity contribution in [1.82, 2.24) is 14.7 Å². The molecular weight excluding hydrogens is 510 g/mol. The largest absolute Gasteiger partial charge is 0.394 e. The van der Waals surface area contributed by atoms with Gasteiger partial charge < -0.3 is 19.8 Å². The molecule has 39 heavy (non-hydrogen) atoms. The normalized spacial score (nSPS) is 32.8. The van der Waals surface area contributed by atoms with Crippen molar-refractivity contribution in [3.05, 3.63) is 25.3 Å². The number of aliphatic hydroxyl groups excluding tert-OH is 1. The molecule has 3 amide bonds. The number of amides is 3. The Bertz CT molecular complexity index is 950. The highest BCUT2D eigenvalue weighted by Crippen LogP contribution is 2.69. The van der Waals surface area contributed by atoms with Gasteiger partial charge in [0.2, 0.25) is 17.7 Å². The second-order valence-electron chi connectivity index (χ2n) is 12.4. The molecule has 7 nitrogen and oxygen atoms in total. The van der Waals surface area contributed by atoms with Gasteiger partial charge in [-0.3, -0.25) is 14.4 Å². The van der Waals surface area contributed by atoms with Crippen molar-refractivity contribution in [3.8, 4) is 0 Å². The van der Waals surface area contributed by atoms with Crippen LogP contribution in [0.3, 0.4) is 0 Å². The van der Waals surface area contributed by atoms with Crippen molar-refractivity contribution < 1.29 is 19.5 Å². The summed E-state index contributed by atoms with van der Waals surface area (Å²) in [5, 5.41) is 10.5. The van der Waals surface area contributed by atoms with Gasteiger partial charge in [-0.25, -0.2) is 0 Å². The molecule has 4 rings (SSSR count). The predicted octanol–water partition coefficient (Wildman–Crippen LogP) is 4.11. The molecule has 218 valence electrons. The molecule has 4 fully saturated rings. The molecule has 1 aliphatic carbocycles. The molecule has 0 aromatic carbocycles. The van der Waals surface area contributed by atoms with E-state index in [1.807, 2.05) is 30.6 Å². The summed E-state index contributed by atoms with van der Waals surface area (Å²) in [6, 6.07) is -1.05. The summed E-state index contributed by atoms with van der Waals surface area (Å²) in [6.45, 7) is 17.3. The number of nitrogens with zero attached hydrogens (tertiary/aromatic N) is 3. The average molecular weight is 560 g/mol. The minimum Gasteiger partial charge on any atom is -0.394 e. The number of fused-ring (bicyclic) bond motifs is 1. The quantitative estimate of drug-likeness (QED) is 0.364. The molecule has 1 N–H and O–H groups in total. The molecule has 3 heterocycles. The SMILES string of the molecule is C=CCN(CCC)C(=O)[C@@H]1[C@@H]2CC(C)C3(S2)C(C(=O)N(CC=C)C2CCCCC2)N([C@@H](CO)C(C)C)C(=O)[C@H]13. The number of hydrogen-bond acceptors (Lipinski definition) is 5. The molecule has 8 heteroatoms. The monoisotopic (exact) mass is 559 g/mol. The topological polar surface area (TPSA) is 81.2 Å². The van der Waals surface area contributed by atoms with E-state index < -0.39 is 28.7 Å². The number of carbonyl (C=O) groups is 3. The van der Waals surface area contributed by atoms with E-state index in [1.54, 1.807) is 28.8 Å². The van der Waals surface area contributed by atoms with Crippen LogP contribution in [0.25, 0.3) is 0 Å². The zero-order valence-corrected chi connectivity index (χ0v) is 25.2. The Morgan fingerprint density at radius 1 is 1.15 bits per heavy atom. The van der Waals surface area contributed by atoms with Crippen molar-refractivity contribution in [2.24, 2.45) is 23.7 Å². The number of hydrogen-bond donors (Lipinski definition) is 1. The van der Waals surface area contributed by atoms with Gasteiger partial charge in [-0.1, -0.05) is 59.1 Å². The minimum atomic E-state index is -0.696. The Hall–Kier alpha value is -1.80. The molecule has 0 radical (unpaired) electrons. The highest BCUT2D eigenvalue weighted by atomic mass is 32.2. The Balaban J connectivity index is 1.81. The van der Waals surface area contributed by atoms with E-state index in [1.165, 1.54) is 6.42 Å². The minimum absolute atomic E-state index is 0.00903. The van der Waals surface area contributed by atoms with E-state index in [4.69, 9.17) is 0 Å². The highest BCUT2D eigenvalue weighted by Gasteiger charge is 2.77. The second kappa shape index (κ2) is 12.4. The Kier molecular flexibility index (Phi) is 9.57. The first-order valence-corrected chi connectivity index (χ1v) is 16.0. The molecule has 3 unspecified atom stereocenters. The van der Waals surface area contributed by atoms with E-state index in [2.05, 4.69) is 20.1 Å². The highest BCUT2D eigenvalue weighted by molar-refractivity contribution is 8.02. The summed E-state index contributed by atoms with van der Waals surface area (Å²) in [6.07, 6.45) is 10.5. The fourth-order valence-electron chi connectivity index (χ4n) is 8.03. The third-order valence-electron chi connectivity index (χ3n) is 9.80. The summed E-state index contributed by atoms with van der Waals surface area (Å²) in [5.41, 5.74) is 0. The number of rotatable bonds is 12. The van der Waals surface area contributed by atoms with Crippen LogP contribution >= 0.6 is 11.8 Å². The third kappa shape index (κ3) is 4.98. The lowest BCUT2D eigenvalue weighted by Gasteiger charge is -2.45. The molecule has 3 saturated heterocycles. The van der Waals surface area contributed by atoms with Gasteiger partial charge >= 0.3 is 0 Å². The summed E-state index contributed by atoms with van der Waals surface area (Å²) in [4.78, 5) is 49.0. The molecule has 0 aromatic rings. The van der Waals surface area contributed by atoms with E-state index in [0.717, 1.165) is 38.5 Å². The van der Waals surface area contributed by atoms with E-state index in [9.17, 15) is 19.5 Å². The van der Waals surface area contributed by atoms with Gasteiger partial charge in [0.05, 0.1) is 29.2 Å². The number of carbonyl (C=O) groups excluding carboxylic acids is 3. The second-order valence-corrected chi connectivity index (χ2v) is 14.0. The van der Waals surface area contributed by atoms with Gasteiger partial charge in [0, 0.05) is 30.9 Å². The first-order valence-electron chi connectivity index (χ1n) is 15.1. The van der Waals surface area contributed by atoms with Crippen LogP contribution in [0.1, 0.15) is 72.6 Å². The van der Waals surface area contributed by atoms with Gasteiger partial charge in [0.25, 0.3) is 0 Å². The summed E-state index contributed by atoms with van der Waals surface area (Å²) >= 11 is 1.72. The van der Waals surface area contributed by atoms with Crippen LogP contribution in [0.4, 0.5) is 0 Å². The lowest BCUT2D eigenvalue weighted by atomic mass is 9.65. The number of aliphatic hydroxyl groups is 1. The Morgan fingerprint density at radius 3 is 2.38 bits per heavy atom. The molecule has 4 aliphatic rings. The summed E-state index contributed by atoms with van der Waals surface area (Å²) < 4.78 is -0.679. The lowest BCUT2D eigenvalue weighted by molar-refractivity contribution is -0.149. The van der Waals surface area contributed by atoms with Crippen molar-refractivity contribution >= 4 is 29.5 Å². The fourth-order valence-corrected chi connectivity index (χ4v) is 10.4. The maximum absolute atomic E-state index is 14.8. The maximum atomic E-state index is 14.8. The summed E-state index contributed by atoms with van der Waals surface area (Å²) in [5.74, 6) is -1.09. The zero-order valence-electron chi connectivity index (χ0n) is 24.4. The predicted molar refractivity (Wildman–Crippen MR) is 157 cm³/mol. The van der Waals surface area contributed by atoms with Crippen LogP contribution in [0.15, 0.2) is 25.3 Å². The zero-order chi connectivity index (χ0) is 28.5. The molecule has 1 saturated carbocycles. The van der Waals surface area contributed by atoms with Crippen LogP contribution in [-0.4, -0.2) is 91.9 Å². The molecule has 1 spiro atoms. The Morgan fingerprint density at radius 2 is 1.82 bits per heavy atom. The molecule has 7 atom stereocenters. The van der Waals surface area contributed by atoms with Crippen molar-refractivity contribution in [3.63, 3.8) is 0 Å². The first kappa shape index (κ1) is 30.2. The van der Waals surface area contributed by atoms with Crippen molar-refractivity contribution in [1.29, 1.82) is 0 Å². The van der Waals surface area contributed by atoms with Crippen LogP contribution in [-0.2, 0) is 14.4 Å². The van der Waals surface area contributed by atoms with Crippen LogP contribution in [0.5, 0.6) is 0 Å². The van der Waals surface area contributed by atoms with Gasteiger partial charge in [-0.2, -0.15) is 0 Å². The molecule has 3 aliphatic heterocycles. The van der Waals surface area contributed by atoms with Crippen LogP contribution in [0, 0.1) is 23.7 Å². The summed E-state index contributed by atoms with van der Waals surface area (Å²) in [7, 11) is 0. The van der Waals surface area contributed by atoms with E-state index in [0.29, 0.717) is 19.6 Å². The third-order valence-corrected chi connectivity index (χ3v) is 11.9. The number of thioether (sulfide) groups is 1. The van der Waals surface area contributed by atoms with Crippen molar-refractivity contribution in [2.75, 3.05) is 26.2 Å². The molecule has 2 bridgehead atoms. The lowest BCUT2D eigenvalue weighted by Crippen LogP contribution is -2.61. The van der Waals surface area contributed by atoms with Gasteiger partial charge in [-0.15, -0.1) is 24.9 Å². The van der Waals surface area contributed by atoms with Crippen molar-refractivity contribution in [2.45, 2.75) is 101 Å². The first-order chi connectivity index (χ1) is 18.7. The number of likely N-dealkylation sites (tertiary alicyclic amines) is 1. The maximum Gasteiger partial charge on any atom is 0.247 e.